The zero-order valence-electron chi connectivity index (χ0n) is 18.8. The molecule has 0 amide bonds. The van der Waals surface area contributed by atoms with Crippen LogP contribution in [-0.2, 0) is 9.47 Å². The van der Waals surface area contributed by atoms with Gasteiger partial charge in [-0.1, -0.05) is 24.3 Å². The van der Waals surface area contributed by atoms with Gasteiger partial charge in [0, 0.05) is 23.5 Å². The molecule has 0 unspecified atom stereocenters. The maximum absolute atomic E-state index is 12.1. The summed E-state index contributed by atoms with van der Waals surface area (Å²) in [6.07, 6.45) is 3.35. The predicted molar refractivity (Wildman–Crippen MR) is 123 cm³/mol. The second-order valence-corrected chi connectivity index (χ2v) is 7.71. The van der Waals surface area contributed by atoms with Crippen LogP contribution in [0.4, 0.5) is 0 Å². The van der Waals surface area contributed by atoms with Crippen molar-refractivity contribution in [2.45, 2.75) is 13.8 Å². The quantitative estimate of drug-likeness (QED) is 0.457. The summed E-state index contributed by atoms with van der Waals surface area (Å²) in [6, 6.07) is 17.6. The molecule has 1 heterocycles. The Kier molecular flexibility index (Phi) is 8.04. The summed E-state index contributed by atoms with van der Waals surface area (Å²) in [6.45, 7) is 3.46. The molecule has 0 N–H and O–H groups in total. The van der Waals surface area contributed by atoms with Crippen LogP contribution in [0.15, 0.2) is 60.9 Å². The minimum atomic E-state index is -0.489. The lowest BCUT2D eigenvalue weighted by atomic mass is 10.1. The Morgan fingerprint density at radius 1 is 0.735 bits per heavy atom. The molecule has 0 aliphatic heterocycles. The number of rotatable bonds is 8. The SMILES string of the molecule is C[C@H](C#N)COC(=O)c1ccc(-c2cnc(-c3ccc(C(=O)OC[C@H](C)C#N)cc3)nc2)cc1. The Bertz CT molecular complexity index is 1130. The van der Waals surface area contributed by atoms with Crippen LogP contribution in [0.2, 0.25) is 0 Å². The van der Waals surface area contributed by atoms with Crippen molar-refractivity contribution in [1.82, 2.24) is 9.97 Å². The van der Waals surface area contributed by atoms with Gasteiger partial charge in [-0.3, -0.25) is 0 Å². The molecule has 8 heteroatoms. The number of esters is 2. The molecular formula is C26H22N4O4. The Labute approximate surface area is 197 Å². The van der Waals surface area contributed by atoms with Crippen LogP contribution in [0.3, 0.4) is 0 Å². The zero-order valence-corrected chi connectivity index (χ0v) is 18.8. The maximum Gasteiger partial charge on any atom is 0.338 e. The van der Waals surface area contributed by atoms with Gasteiger partial charge in [-0.15, -0.1) is 0 Å². The molecule has 0 radical (unpaired) electrons. The van der Waals surface area contributed by atoms with E-state index in [9.17, 15) is 9.59 Å². The molecule has 0 saturated carbocycles. The van der Waals surface area contributed by atoms with E-state index < -0.39 is 11.9 Å². The molecular weight excluding hydrogens is 432 g/mol. The van der Waals surface area contributed by atoms with Crippen molar-refractivity contribution in [3.8, 4) is 34.7 Å². The van der Waals surface area contributed by atoms with Gasteiger partial charge in [-0.2, -0.15) is 10.5 Å². The van der Waals surface area contributed by atoms with Crippen LogP contribution in [0.1, 0.15) is 34.6 Å². The van der Waals surface area contributed by atoms with Gasteiger partial charge in [0.1, 0.15) is 13.2 Å². The highest BCUT2D eigenvalue weighted by Crippen LogP contribution is 2.22. The first-order valence-corrected chi connectivity index (χ1v) is 10.6. The molecule has 0 saturated heterocycles. The lowest BCUT2D eigenvalue weighted by Gasteiger charge is -2.08. The number of ether oxygens (including phenoxy) is 2. The highest BCUT2D eigenvalue weighted by atomic mass is 16.5. The number of aromatic nitrogens is 2. The fraction of sp³-hybridized carbons (Fsp3) is 0.231. The van der Waals surface area contributed by atoms with Crippen molar-refractivity contribution in [3.63, 3.8) is 0 Å². The standard InChI is InChI=1S/C26H22N4O4/c1-17(11-27)15-33-25(31)21-7-3-19(4-8-21)23-13-29-24(30-14-23)20-5-9-22(10-6-20)26(32)34-16-18(2)12-28/h3-10,13-14,17-18H,15-16H2,1-2H3/t17-,18-/m1/s1. The Balaban J connectivity index is 1.64. The summed E-state index contributed by atoms with van der Waals surface area (Å²) in [5.41, 5.74) is 3.11. The molecule has 2 aromatic carbocycles. The fourth-order valence-electron chi connectivity index (χ4n) is 2.82. The number of hydrogen-bond donors (Lipinski definition) is 0. The molecule has 8 nitrogen and oxygen atoms in total. The number of nitriles is 2. The molecule has 34 heavy (non-hydrogen) atoms. The van der Waals surface area contributed by atoms with E-state index in [1.165, 1.54) is 0 Å². The average molecular weight is 454 g/mol. The molecule has 170 valence electrons. The van der Waals surface area contributed by atoms with Crippen molar-refractivity contribution >= 4 is 11.9 Å². The van der Waals surface area contributed by atoms with Gasteiger partial charge >= 0.3 is 11.9 Å². The van der Waals surface area contributed by atoms with Crippen LogP contribution in [-0.4, -0.2) is 35.1 Å². The number of benzene rings is 2. The lowest BCUT2D eigenvalue weighted by Crippen LogP contribution is -2.11. The first-order chi connectivity index (χ1) is 16.4. The van der Waals surface area contributed by atoms with Crippen molar-refractivity contribution in [2.75, 3.05) is 13.2 Å². The first-order valence-electron chi connectivity index (χ1n) is 10.6. The summed E-state index contributed by atoms with van der Waals surface area (Å²) >= 11 is 0. The molecule has 3 aromatic rings. The zero-order chi connectivity index (χ0) is 24.5. The van der Waals surface area contributed by atoms with Crippen LogP contribution < -0.4 is 0 Å². The third kappa shape index (κ3) is 6.24. The topological polar surface area (TPSA) is 126 Å². The van der Waals surface area contributed by atoms with Crippen molar-refractivity contribution in [2.24, 2.45) is 11.8 Å². The fourth-order valence-corrected chi connectivity index (χ4v) is 2.82. The van der Waals surface area contributed by atoms with E-state index >= 15 is 0 Å². The Morgan fingerprint density at radius 3 is 1.56 bits per heavy atom. The molecule has 0 fully saturated rings. The average Bonchev–Trinajstić information content (AvgIpc) is 2.90. The molecule has 2 atom stereocenters. The third-order valence-electron chi connectivity index (χ3n) is 4.85. The van der Waals surface area contributed by atoms with Crippen molar-refractivity contribution in [3.05, 3.63) is 72.1 Å². The minimum Gasteiger partial charge on any atom is -0.461 e. The number of carbonyl (C=O) groups excluding carboxylic acids is 2. The van der Waals surface area contributed by atoms with Crippen molar-refractivity contribution in [1.29, 1.82) is 10.5 Å². The van der Waals surface area contributed by atoms with Crippen LogP contribution >= 0.6 is 0 Å². The molecule has 1 aromatic heterocycles. The van der Waals surface area contributed by atoms with E-state index in [-0.39, 0.29) is 25.0 Å². The summed E-state index contributed by atoms with van der Waals surface area (Å²) in [4.78, 5) is 32.9. The molecule has 0 bridgehead atoms. The van der Waals surface area contributed by atoms with E-state index in [2.05, 4.69) is 9.97 Å². The maximum atomic E-state index is 12.1. The van der Waals surface area contributed by atoms with Gasteiger partial charge in [-0.25, -0.2) is 19.6 Å². The monoisotopic (exact) mass is 454 g/mol. The van der Waals surface area contributed by atoms with E-state index in [0.717, 1.165) is 16.7 Å². The Morgan fingerprint density at radius 2 is 1.15 bits per heavy atom. The normalized spacial score (nSPS) is 12.0. The van der Waals surface area contributed by atoms with Crippen LogP contribution in [0.25, 0.3) is 22.5 Å². The second-order valence-electron chi connectivity index (χ2n) is 7.71. The van der Waals surface area contributed by atoms with Crippen LogP contribution in [0.5, 0.6) is 0 Å². The highest BCUT2D eigenvalue weighted by Gasteiger charge is 2.12. The molecule has 3 rings (SSSR count). The van der Waals surface area contributed by atoms with E-state index in [1.54, 1.807) is 74.8 Å². The summed E-state index contributed by atoms with van der Waals surface area (Å²) in [5.74, 6) is -1.20. The van der Waals surface area contributed by atoms with E-state index in [4.69, 9.17) is 20.0 Å². The second kappa shape index (κ2) is 11.3. The van der Waals surface area contributed by atoms with Gasteiger partial charge in [0.25, 0.3) is 0 Å². The number of hydrogen-bond acceptors (Lipinski definition) is 8. The largest absolute Gasteiger partial charge is 0.461 e. The predicted octanol–water partition coefficient (Wildman–Crippen LogP) is 4.44. The van der Waals surface area contributed by atoms with Gasteiger partial charge in [0.05, 0.1) is 35.1 Å². The van der Waals surface area contributed by atoms with Gasteiger partial charge in [0.15, 0.2) is 5.82 Å². The third-order valence-corrected chi connectivity index (χ3v) is 4.85. The van der Waals surface area contributed by atoms with Gasteiger partial charge < -0.3 is 9.47 Å². The molecule has 0 spiro atoms. The number of nitrogens with zero attached hydrogens (tertiary/aromatic N) is 4. The van der Waals surface area contributed by atoms with Crippen molar-refractivity contribution < 1.29 is 19.1 Å². The van der Waals surface area contributed by atoms with Gasteiger partial charge in [-0.05, 0) is 43.7 Å². The lowest BCUT2D eigenvalue weighted by molar-refractivity contribution is 0.0467. The summed E-state index contributed by atoms with van der Waals surface area (Å²) < 4.78 is 10.2. The van der Waals surface area contributed by atoms with E-state index in [1.807, 2.05) is 12.1 Å². The summed E-state index contributed by atoms with van der Waals surface area (Å²) in [5, 5.41) is 17.5. The van der Waals surface area contributed by atoms with Gasteiger partial charge in [0.2, 0.25) is 0 Å². The smallest absolute Gasteiger partial charge is 0.338 e. The first kappa shape index (κ1) is 24.1. The highest BCUT2D eigenvalue weighted by molar-refractivity contribution is 5.90. The van der Waals surface area contributed by atoms with E-state index in [0.29, 0.717) is 17.0 Å². The Hall–Kier alpha value is -4.56. The minimum absolute atomic E-state index is 0.0459. The number of carbonyl (C=O) groups is 2. The molecule has 0 aliphatic rings. The molecule has 0 aliphatic carbocycles. The summed E-state index contributed by atoms with van der Waals surface area (Å²) in [7, 11) is 0. The van der Waals surface area contributed by atoms with Crippen LogP contribution in [0, 0.1) is 34.5 Å².